The van der Waals surface area contributed by atoms with Crippen molar-refractivity contribution >= 4 is 33.2 Å². The molecule has 1 N–H and O–H groups in total. The van der Waals surface area contributed by atoms with Gasteiger partial charge in [-0.05, 0) is 49.6 Å². The van der Waals surface area contributed by atoms with Crippen LogP contribution < -0.4 is 10.2 Å². The lowest BCUT2D eigenvalue weighted by Gasteiger charge is -2.23. The second kappa shape index (κ2) is 8.73. The fourth-order valence-corrected chi connectivity index (χ4v) is 4.71. The molecular weight excluding hydrogens is 410 g/mol. The number of carbonyl (C=O) groups excluding carboxylic acids is 1. The molecule has 6 nitrogen and oxygen atoms in total. The van der Waals surface area contributed by atoms with Crippen molar-refractivity contribution in [2.45, 2.75) is 30.7 Å². The predicted octanol–water partition coefficient (Wildman–Crippen LogP) is 3.68. The molecular formula is C21H26ClN3O3S. The monoisotopic (exact) mass is 435 g/mol. The minimum absolute atomic E-state index is 0.0981. The summed E-state index contributed by atoms with van der Waals surface area (Å²) in [5, 5.41) is 3.54. The average Bonchev–Trinajstić information content (AvgIpc) is 3.22. The van der Waals surface area contributed by atoms with Gasteiger partial charge in [0.05, 0.1) is 16.5 Å². The minimum atomic E-state index is -3.65. The van der Waals surface area contributed by atoms with Crippen LogP contribution in [-0.2, 0) is 10.0 Å². The van der Waals surface area contributed by atoms with Gasteiger partial charge < -0.3 is 10.2 Å². The van der Waals surface area contributed by atoms with E-state index in [1.165, 1.54) is 20.2 Å². The largest absolute Gasteiger partial charge is 0.371 e. The molecule has 1 aliphatic heterocycles. The first-order chi connectivity index (χ1) is 13.7. The molecule has 0 bridgehead atoms. The summed E-state index contributed by atoms with van der Waals surface area (Å²) in [6, 6.07) is 11.8. The van der Waals surface area contributed by atoms with Crippen molar-refractivity contribution in [2.24, 2.45) is 0 Å². The maximum atomic E-state index is 13.2. The Hall–Kier alpha value is -2.09. The molecule has 0 aliphatic carbocycles. The van der Waals surface area contributed by atoms with E-state index in [1.807, 2.05) is 25.1 Å². The number of nitrogens with one attached hydrogen (secondary N) is 1. The normalized spacial score (nSPS) is 15.6. The zero-order valence-electron chi connectivity index (χ0n) is 16.9. The first kappa shape index (κ1) is 21.6. The van der Waals surface area contributed by atoms with E-state index >= 15 is 0 Å². The van der Waals surface area contributed by atoms with Crippen LogP contribution in [0.4, 0.5) is 5.69 Å². The minimum Gasteiger partial charge on any atom is -0.371 e. The molecule has 1 atom stereocenters. The summed E-state index contributed by atoms with van der Waals surface area (Å²) in [6.07, 6.45) is 2.10. The van der Waals surface area contributed by atoms with Gasteiger partial charge in [-0.2, -0.15) is 0 Å². The molecule has 1 aliphatic rings. The van der Waals surface area contributed by atoms with Gasteiger partial charge in [-0.3, -0.25) is 4.79 Å². The Morgan fingerprint density at radius 1 is 1.14 bits per heavy atom. The number of rotatable bonds is 6. The molecule has 1 saturated heterocycles. The maximum Gasteiger partial charge on any atom is 0.253 e. The topological polar surface area (TPSA) is 69.7 Å². The highest BCUT2D eigenvalue weighted by Gasteiger charge is 2.25. The van der Waals surface area contributed by atoms with E-state index in [0.717, 1.165) is 41.5 Å². The molecule has 0 aromatic heterocycles. The highest BCUT2D eigenvalue weighted by atomic mass is 35.5. The molecule has 0 radical (unpaired) electrons. The van der Waals surface area contributed by atoms with Gasteiger partial charge in [0.25, 0.3) is 5.91 Å². The zero-order valence-corrected chi connectivity index (χ0v) is 18.4. The quantitative estimate of drug-likeness (QED) is 0.751. The van der Waals surface area contributed by atoms with E-state index in [1.54, 1.807) is 18.2 Å². The van der Waals surface area contributed by atoms with Crippen LogP contribution in [0.15, 0.2) is 47.4 Å². The molecule has 1 fully saturated rings. The van der Waals surface area contributed by atoms with E-state index < -0.39 is 10.0 Å². The molecule has 1 amide bonds. The second-order valence-corrected chi connectivity index (χ2v) is 9.94. The number of benzene rings is 2. The van der Waals surface area contributed by atoms with E-state index in [0.29, 0.717) is 10.6 Å². The average molecular weight is 436 g/mol. The summed E-state index contributed by atoms with van der Waals surface area (Å²) in [5.41, 5.74) is 1.92. The maximum absolute atomic E-state index is 13.2. The van der Waals surface area contributed by atoms with Crippen molar-refractivity contribution in [3.8, 4) is 0 Å². The van der Waals surface area contributed by atoms with Crippen LogP contribution in [0.2, 0.25) is 5.02 Å². The van der Waals surface area contributed by atoms with Gasteiger partial charge in [-0.1, -0.05) is 29.8 Å². The summed E-state index contributed by atoms with van der Waals surface area (Å²) in [7, 11) is -0.697. The number of carbonyl (C=O) groups is 1. The number of sulfonamides is 1. The van der Waals surface area contributed by atoms with Gasteiger partial charge in [0.2, 0.25) is 10.0 Å². The molecule has 8 heteroatoms. The van der Waals surface area contributed by atoms with Crippen molar-refractivity contribution < 1.29 is 13.2 Å². The molecule has 1 heterocycles. The SMILES string of the molecule is CC(NC(=O)c1cc(S(=O)(=O)N(C)C)ccc1N1CCCC1)c1ccccc1Cl. The van der Waals surface area contributed by atoms with E-state index in [2.05, 4.69) is 10.2 Å². The fraction of sp³-hybridized carbons (Fsp3) is 0.381. The second-order valence-electron chi connectivity index (χ2n) is 7.38. The molecule has 156 valence electrons. The lowest BCUT2D eigenvalue weighted by Crippen LogP contribution is -2.30. The number of amides is 1. The highest BCUT2D eigenvalue weighted by molar-refractivity contribution is 7.89. The number of hydrogen-bond donors (Lipinski definition) is 1. The predicted molar refractivity (Wildman–Crippen MR) is 116 cm³/mol. The summed E-state index contributed by atoms with van der Waals surface area (Å²) in [4.78, 5) is 15.4. The Bertz CT molecular complexity index is 1000. The molecule has 3 rings (SSSR count). The molecule has 0 saturated carbocycles. The van der Waals surface area contributed by atoms with Crippen LogP contribution in [0.5, 0.6) is 0 Å². The van der Waals surface area contributed by atoms with Gasteiger partial charge in [0, 0.05) is 37.9 Å². The van der Waals surface area contributed by atoms with Gasteiger partial charge >= 0.3 is 0 Å². The Morgan fingerprint density at radius 2 is 1.79 bits per heavy atom. The molecule has 2 aromatic rings. The molecule has 1 unspecified atom stereocenters. The van der Waals surface area contributed by atoms with Gasteiger partial charge in [-0.15, -0.1) is 0 Å². The summed E-state index contributed by atoms with van der Waals surface area (Å²) in [6.45, 7) is 3.55. The van der Waals surface area contributed by atoms with Gasteiger partial charge in [-0.25, -0.2) is 12.7 Å². The summed E-state index contributed by atoms with van der Waals surface area (Å²) < 4.78 is 26.3. The highest BCUT2D eigenvalue weighted by Crippen LogP contribution is 2.29. The Morgan fingerprint density at radius 3 is 2.41 bits per heavy atom. The Balaban J connectivity index is 1.98. The lowest BCUT2D eigenvalue weighted by atomic mass is 10.1. The van der Waals surface area contributed by atoms with Crippen LogP contribution in [0, 0.1) is 0 Å². The molecule has 2 aromatic carbocycles. The standard InChI is InChI=1S/C21H26ClN3O3S/c1-15(17-8-4-5-9-19(17)22)23-21(26)18-14-16(29(27,28)24(2)3)10-11-20(18)25-12-6-7-13-25/h4-5,8-11,14-15H,6-7,12-13H2,1-3H3,(H,23,26). The van der Waals surface area contributed by atoms with Crippen molar-refractivity contribution in [1.29, 1.82) is 0 Å². The third-order valence-corrected chi connectivity index (χ3v) is 7.31. The number of halogens is 1. The zero-order chi connectivity index (χ0) is 21.2. The van der Waals surface area contributed by atoms with Crippen LogP contribution in [0.25, 0.3) is 0 Å². The fourth-order valence-electron chi connectivity index (χ4n) is 3.48. The third-order valence-electron chi connectivity index (χ3n) is 5.16. The van der Waals surface area contributed by atoms with Gasteiger partial charge in [0.1, 0.15) is 0 Å². The lowest BCUT2D eigenvalue weighted by molar-refractivity contribution is 0.0940. The number of nitrogens with zero attached hydrogens (tertiary/aromatic N) is 2. The van der Waals surface area contributed by atoms with Crippen LogP contribution in [-0.4, -0.2) is 45.8 Å². The summed E-state index contributed by atoms with van der Waals surface area (Å²) in [5.74, 6) is -0.324. The molecule has 29 heavy (non-hydrogen) atoms. The summed E-state index contributed by atoms with van der Waals surface area (Å²) >= 11 is 6.26. The Labute approximate surface area is 177 Å². The third kappa shape index (κ3) is 4.57. The smallest absolute Gasteiger partial charge is 0.253 e. The van der Waals surface area contributed by atoms with E-state index in [-0.39, 0.29) is 16.8 Å². The number of hydrogen-bond acceptors (Lipinski definition) is 4. The molecule has 0 spiro atoms. The van der Waals surface area contributed by atoms with E-state index in [4.69, 9.17) is 11.6 Å². The van der Waals surface area contributed by atoms with Crippen LogP contribution in [0.3, 0.4) is 0 Å². The van der Waals surface area contributed by atoms with Crippen molar-refractivity contribution in [3.63, 3.8) is 0 Å². The first-order valence-electron chi connectivity index (χ1n) is 9.58. The van der Waals surface area contributed by atoms with Crippen molar-refractivity contribution in [3.05, 3.63) is 58.6 Å². The first-order valence-corrected chi connectivity index (χ1v) is 11.4. The van der Waals surface area contributed by atoms with Crippen LogP contribution >= 0.6 is 11.6 Å². The van der Waals surface area contributed by atoms with Crippen LogP contribution in [0.1, 0.15) is 41.7 Å². The van der Waals surface area contributed by atoms with Crippen molar-refractivity contribution in [1.82, 2.24) is 9.62 Å². The number of anilines is 1. The van der Waals surface area contributed by atoms with E-state index in [9.17, 15) is 13.2 Å². The van der Waals surface area contributed by atoms with Gasteiger partial charge in [0.15, 0.2) is 0 Å². The Kier molecular flexibility index (Phi) is 6.51. The van der Waals surface area contributed by atoms with Crippen molar-refractivity contribution in [2.75, 3.05) is 32.1 Å².